The summed E-state index contributed by atoms with van der Waals surface area (Å²) in [5.41, 5.74) is 2.09. The van der Waals surface area contributed by atoms with Crippen molar-refractivity contribution < 1.29 is 17.6 Å². The summed E-state index contributed by atoms with van der Waals surface area (Å²) in [5, 5.41) is 8.14. The van der Waals surface area contributed by atoms with Gasteiger partial charge in [0.1, 0.15) is 5.67 Å². The first-order chi connectivity index (χ1) is 11.8. The van der Waals surface area contributed by atoms with E-state index in [4.69, 9.17) is 4.42 Å². The molecule has 1 aromatic heterocycles. The minimum Gasteiger partial charge on any atom is -0.416 e. The van der Waals surface area contributed by atoms with E-state index in [0.717, 1.165) is 11.1 Å². The first-order valence-electron chi connectivity index (χ1n) is 7.67. The minimum absolute atomic E-state index is 0.429. The molecule has 3 rings (SSSR count). The van der Waals surface area contributed by atoms with Crippen molar-refractivity contribution in [3.05, 3.63) is 59.7 Å². The van der Waals surface area contributed by atoms with Crippen molar-refractivity contribution in [2.24, 2.45) is 0 Å². The number of hydrogen-bond donors (Lipinski definition) is 0. The molecule has 0 fully saturated rings. The van der Waals surface area contributed by atoms with Gasteiger partial charge in [-0.3, -0.25) is 0 Å². The zero-order chi connectivity index (χ0) is 18.4. The molecule has 3 aromatic rings. The molecule has 0 aliphatic carbocycles. The van der Waals surface area contributed by atoms with Gasteiger partial charge >= 0.3 is 0 Å². The zero-order valence-electron chi connectivity index (χ0n) is 14.3. The first kappa shape index (κ1) is 18.7. The lowest BCUT2D eigenvalue weighted by atomic mass is 9.99. The average molecular weight is 348 g/mol. The van der Waals surface area contributed by atoms with Crippen molar-refractivity contribution >= 4 is 0 Å². The second kappa shape index (κ2) is 7.96. The SMILES string of the molecule is Cc1ccc(-c2nnc(-c3ccc(C(C)(C)F)cc3)o2)cc1.FCF. The maximum Gasteiger partial charge on any atom is 0.248 e. The maximum absolute atomic E-state index is 13.9. The van der Waals surface area contributed by atoms with E-state index in [1.165, 1.54) is 19.4 Å². The van der Waals surface area contributed by atoms with Crippen molar-refractivity contribution in [3.63, 3.8) is 0 Å². The number of nitrogens with zero attached hydrogens (tertiary/aromatic N) is 2. The lowest BCUT2D eigenvalue weighted by Crippen LogP contribution is -2.08. The van der Waals surface area contributed by atoms with Gasteiger partial charge in [0.15, 0.2) is 0 Å². The third kappa shape index (κ3) is 4.92. The second-order valence-corrected chi connectivity index (χ2v) is 5.93. The highest BCUT2D eigenvalue weighted by molar-refractivity contribution is 5.58. The monoisotopic (exact) mass is 348 g/mol. The topological polar surface area (TPSA) is 38.9 Å². The molecule has 0 atom stereocenters. The van der Waals surface area contributed by atoms with Crippen molar-refractivity contribution in [1.29, 1.82) is 0 Å². The number of halogens is 3. The fourth-order valence-electron chi connectivity index (χ4n) is 2.16. The standard InChI is InChI=1S/C18H17FN2O.CH2F2/c1-12-4-6-13(7-5-12)16-20-21-17(22-16)14-8-10-15(11-9-14)18(2,3)19;2-1-3/h4-11H,1-3H3;1H2. The van der Waals surface area contributed by atoms with Gasteiger partial charge in [0, 0.05) is 11.1 Å². The zero-order valence-corrected chi connectivity index (χ0v) is 14.3. The van der Waals surface area contributed by atoms with Crippen LogP contribution in [0.15, 0.2) is 52.9 Å². The fraction of sp³-hybridized carbons (Fsp3) is 0.263. The largest absolute Gasteiger partial charge is 0.416 e. The molecule has 6 heteroatoms. The molecule has 0 bridgehead atoms. The van der Waals surface area contributed by atoms with Crippen LogP contribution < -0.4 is 0 Å². The molecule has 0 aliphatic rings. The van der Waals surface area contributed by atoms with Crippen LogP contribution in [0.3, 0.4) is 0 Å². The summed E-state index contributed by atoms with van der Waals surface area (Å²) >= 11 is 0. The molecule has 0 saturated carbocycles. The van der Waals surface area contributed by atoms with E-state index in [9.17, 15) is 13.2 Å². The first-order valence-corrected chi connectivity index (χ1v) is 7.67. The van der Waals surface area contributed by atoms with Crippen molar-refractivity contribution in [3.8, 4) is 22.9 Å². The quantitative estimate of drug-likeness (QED) is 0.600. The van der Waals surface area contributed by atoms with Gasteiger partial charge in [0.25, 0.3) is 0 Å². The smallest absolute Gasteiger partial charge is 0.248 e. The molecule has 0 N–H and O–H groups in total. The lowest BCUT2D eigenvalue weighted by Gasteiger charge is -2.14. The highest BCUT2D eigenvalue weighted by Crippen LogP contribution is 2.28. The molecule has 0 unspecified atom stereocenters. The van der Waals surface area contributed by atoms with Gasteiger partial charge in [0.05, 0.1) is 0 Å². The van der Waals surface area contributed by atoms with Crippen molar-refractivity contribution in [1.82, 2.24) is 10.2 Å². The Morgan fingerprint density at radius 2 is 1.24 bits per heavy atom. The Balaban J connectivity index is 0.000000701. The van der Waals surface area contributed by atoms with Gasteiger partial charge in [-0.1, -0.05) is 29.8 Å². The Kier molecular flexibility index (Phi) is 5.96. The Morgan fingerprint density at radius 1 is 0.840 bits per heavy atom. The fourth-order valence-corrected chi connectivity index (χ4v) is 2.16. The van der Waals surface area contributed by atoms with E-state index >= 15 is 0 Å². The van der Waals surface area contributed by atoms with E-state index in [2.05, 4.69) is 10.2 Å². The van der Waals surface area contributed by atoms with Crippen LogP contribution in [-0.4, -0.2) is 17.1 Å². The molecule has 0 aliphatic heterocycles. The summed E-state index contributed by atoms with van der Waals surface area (Å²) in [4.78, 5) is 0. The molecule has 0 saturated heterocycles. The Labute approximate surface area is 144 Å². The molecular weight excluding hydrogens is 329 g/mol. The number of aromatic nitrogens is 2. The molecule has 1 heterocycles. The molecule has 25 heavy (non-hydrogen) atoms. The van der Waals surface area contributed by atoms with Crippen LogP contribution in [0.1, 0.15) is 25.0 Å². The summed E-state index contributed by atoms with van der Waals surface area (Å²) < 4.78 is 38.8. The van der Waals surface area contributed by atoms with Gasteiger partial charge in [-0.25, -0.2) is 13.2 Å². The summed E-state index contributed by atoms with van der Waals surface area (Å²) in [7, 11) is 0. The number of benzene rings is 2. The van der Waals surface area contributed by atoms with Gasteiger partial charge in [-0.15, -0.1) is 10.2 Å². The predicted molar refractivity (Wildman–Crippen MR) is 91.1 cm³/mol. The van der Waals surface area contributed by atoms with Crippen LogP contribution in [-0.2, 0) is 5.67 Å². The molecule has 2 aromatic carbocycles. The lowest BCUT2D eigenvalue weighted by molar-refractivity contribution is 0.221. The summed E-state index contributed by atoms with van der Waals surface area (Å²) in [6.45, 7) is 3.34. The van der Waals surface area contributed by atoms with Crippen LogP contribution in [0.5, 0.6) is 0 Å². The normalized spacial score (nSPS) is 11.0. The summed E-state index contributed by atoms with van der Waals surface area (Å²) in [6.07, 6.45) is 0. The summed E-state index contributed by atoms with van der Waals surface area (Å²) in [5.74, 6) is 0.906. The third-order valence-electron chi connectivity index (χ3n) is 3.54. The molecule has 0 amide bonds. The average Bonchev–Trinajstić information content (AvgIpc) is 3.06. The maximum atomic E-state index is 13.9. The third-order valence-corrected chi connectivity index (χ3v) is 3.54. The number of alkyl halides is 3. The van der Waals surface area contributed by atoms with Crippen molar-refractivity contribution in [2.45, 2.75) is 26.4 Å². The number of rotatable bonds is 3. The van der Waals surface area contributed by atoms with Crippen LogP contribution in [0.25, 0.3) is 22.9 Å². The molecule has 0 radical (unpaired) electrons. The van der Waals surface area contributed by atoms with Crippen LogP contribution in [0.2, 0.25) is 0 Å². The molecule has 3 nitrogen and oxygen atoms in total. The van der Waals surface area contributed by atoms with Gasteiger partial charge in [-0.05, 0) is 50.6 Å². The van der Waals surface area contributed by atoms with Gasteiger partial charge < -0.3 is 4.42 Å². The van der Waals surface area contributed by atoms with E-state index in [-0.39, 0.29) is 0 Å². The number of aryl methyl sites for hydroxylation is 1. The van der Waals surface area contributed by atoms with Gasteiger partial charge in [0.2, 0.25) is 18.7 Å². The van der Waals surface area contributed by atoms with Crippen LogP contribution in [0, 0.1) is 6.92 Å². The predicted octanol–water partition coefficient (Wildman–Crippen LogP) is 5.80. The van der Waals surface area contributed by atoms with Crippen molar-refractivity contribution in [2.75, 3.05) is 6.93 Å². The Bertz CT molecular complexity index is 791. The highest BCUT2D eigenvalue weighted by atomic mass is 19.3. The van der Waals surface area contributed by atoms with E-state index in [1.807, 2.05) is 31.2 Å². The van der Waals surface area contributed by atoms with Crippen LogP contribution >= 0.6 is 0 Å². The second-order valence-electron chi connectivity index (χ2n) is 5.93. The Hall–Kier alpha value is -2.63. The van der Waals surface area contributed by atoms with Crippen LogP contribution in [0.4, 0.5) is 13.2 Å². The molecule has 132 valence electrons. The van der Waals surface area contributed by atoms with Gasteiger partial charge in [-0.2, -0.15) is 0 Å². The summed E-state index contributed by atoms with van der Waals surface area (Å²) in [6, 6.07) is 15.0. The molecular formula is C19H19F3N2O. The molecule has 0 spiro atoms. The van der Waals surface area contributed by atoms with E-state index in [1.54, 1.807) is 24.3 Å². The Morgan fingerprint density at radius 3 is 1.64 bits per heavy atom. The highest BCUT2D eigenvalue weighted by Gasteiger charge is 2.19. The minimum atomic E-state index is -1.75. The number of hydrogen-bond acceptors (Lipinski definition) is 3. The van der Waals surface area contributed by atoms with E-state index < -0.39 is 12.6 Å². The van der Waals surface area contributed by atoms with E-state index in [0.29, 0.717) is 17.3 Å².